The summed E-state index contributed by atoms with van der Waals surface area (Å²) in [5, 5.41) is 14.1. The molecule has 3 rings (SSSR count). The van der Waals surface area contributed by atoms with E-state index in [0.29, 0.717) is 18.2 Å². The van der Waals surface area contributed by atoms with Crippen molar-refractivity contribution in [3.05, 3.63) is 35.5 Å². The number of hydrogen-bond acceptors (Lipinski definition) is 7. The second-order valence-corrected chi connectivity index (χ2v) is 8.14. The monoisotopic (exact) mass is 333 g/mol. The summed E-state index contributed by atoms with van der Waals surface area (Å²) in [7, 11) is -2.93. The van der Waals surface area contributed by atoms with Gasteiger partial charge in [-0.15, -0.1) is 5.10 Å². The van der Waals surface area contributed by atoms with Crippen molar-refractivity contribution in [3.8, 4) is 0 Å². The highest BCUT2D eigenvalue weighted by Crippen LogP contribution is 2.19. The van der Waals surface area contributed by atoms with Gasteiger partial charge in [-0.2, -0.15) is 10.1 Å². The Labute approximate surface area is 135 Å². The van der Waals surface area contributed by atoms with Gasteiger partial charge in [0.1, 0.15) is 0 Å². The molecular formula is C15H19N5O2S. The van der Waals surface area contributed by atoms with E-state index < -0.39 is 9.84 Å². The Morgan fingerprint density at radius 2 is 1.91 bits per heavy atom. The van der Waals surface area contributed by atoms with E-state index in [1.54, 1.807) is 0 Å². The number of nitrogens with zero attached hydrogens (tertiary/aromatic N) is 3. The van der Waals surface area contributed by atoms with Gasteiger partial charge in [0.15, 0.2) is 15.7 Å². The van der Waals surface area contributed by atoms with Gasteiger partial charge in [0, 0.05) is 11.7 Å². The highest BCUT2D eigenvalue weighted by molar-refractivity contribution is 7.91. The Morgan fingerprint density at radius 3 is 2.57 bits per heavy atom. The first kappa shape index (κ1) is 15.7. The number of hydrogen-bond donors (Lipinski definition) is 2. The summed E-state index contributed by atoms with van der Waals surface area (Å²) in [5.74, 6) is 1.25. The highest BCUT2D eigenvalue weighted by Gasteiger charge is 2.28. The normalized spacial score (nSPS) is 19.5. The van der Waals surface area contributed by atoms with E-state index in [1.165, 1.54) is 6.20 Å². The molecule has 0 spiro atoms. The van der Waals surface area contributed by atoms with Crippen molar-refractivity contribution in [3.63, 3.8) is 0 Å². The molecule has 1 fully saturated rings. The summed E-state index contributed by atoms with van der Waals surface area (Å²) >= 11 is 0. The van der Waals surface area contributed by atoms with E-state index in [2.05, 4.69) is 31.9 Å². The van der Waals surface area contributed by atoms with Crippen molar-refractivity contribution in [2.24, 2.45) is 0 Å². The third-order valence-electron chi connectivity index (χ3n) is 3.62. The van der Waals surface area contributed by atoms with Crippen LogP contribution in [0, 0.1) is 13.8 Å². The number of nitrogens with one attached hydrogen (secondary N) is 2. The van der Waals surface area contributed by atoms with Crippen LogP contribution in [0.4, 0.5) is 17.5 Å². The average Bonchev–Trinajstić information content (AvgIpc) is 2.77. The van der Waals surface area contributed by atoms with Gasteiger partial charge in [-0.3, -0.25) is 0 Å². The van der Waals surface area contributed by atoms with Crippen molar-refractivity contribution in [1.82, 2.24) is 15.2 Å². The predicted molar refractivity (Wildman–Crippen MR) is 89.7 cm³/mol. The quantitative estimate of drug-likeness (QED) is 0.881. The molecule has 1 atom stereocenters. The lowest BCUT2D eigenvalue weighted by atomic mass is 10.1. The number of aromatic nitrogens is 3. The van der Waals surface area contributed by atoms with Gasteiger partial charge in [-0.25, -0.2) is 8.42 Å². The van der Waals surface area contributed by atoms with Crippen LogP contribution in [0.1, 0.15) is 17.5 Å². The summed E-state index contributed by atoms with van der Waals surface area (Å²) in [6, 6.07) is 5.97. The van der Waals surface area contributed by atoms with Gasteiger partial charge in [0.25, 0.3) is 0 Å². The number of aryl methyl sites for hydroxylation is 2. The second-order valence-electron chi connectivity index (χ2n) is 5.91. The zero-order valence-electron chi connectivity index (χ0n) is 13.1. The smallest absolute Gasteiger partial charge is 0.249 e. The lowest BCUT2D eigenvalue weighted by Gasteiger charge is -2.12. The van der Waals surface area contributed by atoms with Gasteiger partial charge in [0.05, 0.1) is 17.7 Å². The Bertz CT molecular complexity index is 802. The van der Waals surface area contributed by atoms with Crippen LogP contribution in [0.15, 0.2) is 24.4 Å². The summed E-state index contributed by atoms with van der Waals surface area (Å²) in [5.41, 5.74) is 3.18. The van der Waals surface area contributed by atoms with Gasteiger partial charge >= 0.3 is 0 Å². The van der Waals surface area contributed by atoms with Crippen LogP contribution in [0.25, 0.3) is 0 Å². The lowest BCUT2D eigenvalue weighted by molar-refractivity contribution is 0.602. The molecule has 1 unspecified atom stereocenters. The molecule has 0 saturated carbocycles. The molecule has 2 aromatic rings. The molecule has 0 bridgehead atoms. The zero-order chi connectivity index (χ0) is 16.4. The van der Waals surface area contributed by atoms with Gasteiger partial charge in [-0.05, 0) is 43.5 Å². The number of benzene rings is 1. The molecule has 23 heavy (non-hydrogen) atoms. The predicted octanol–water partition coefficient (Wildman–Crippen LogP) is 1.83. The van der Waals surface area contributed by atoms with E-state index in [9.17, 15) is 8.42 Å². The molecule has 0 radical (unpaired) electrons. The molecule has 0 aliphatic carbocycles. The fraction of sp³-hybridized carbons (Fsp3) is 0.400. The largest absolute Gasteiger partial charge is 0.365 e. The summed E-state index contributed by atoms with van der Waals surface area (Å²) < 4.78 is 23.0. The zero-order valence-corrected chi connectivity index (χ0v) is 13.9. The van der Waals surface area contributed by atoms with E-state index in [1.807, 2.05) is 26.0 Å². The first-order valence-corrected chi connectivity index (χ1v) is 9.24. The molecule has 8 heteroatoms. The van der Waals surface area contributed by atoms with Crippen molar-refractivity contribution in [1.29, 1.82) is 0 Å². The Hall–Kier alpha value is -2.22. The first-order valence-electron chi connectivity index (χ1n) is 7.42. The van der Waals surface area contributed by atoms with Crippen LogP contribution in [0.3, 0.4) is 0 Å². The molecule has 7 nitrogen and oxygen atoms in total. The van der Waals surface area contributed by atoms with Crippen molar-refractivity contribution in [2.45, 2.75) is 26.3 Å². The molecule has 1 aliphatic rings. The van der Waals surface area contributed by atoms with Crippen molar-refractivity contribution in [2.75, 3.05) is 22.1 Å². The van der Waals surface area contributed by atoms with Crippen LogP contribution in [-0.4, -0.2) is 41.1 Å². The Kier molecular flexibility index (Phi) is 4.16. The SMILES string of the molecule is Cc1cc(C)cc(Nc2nncc(NC3CCS(=O)(=O)C3)n2)c1. The van der Waals surface area contributed by atoms with Gasteiger partial charge in [-0.1, -0.05) is 6.07 Å². The number of anilines is 3. The van der Waals surface area contributed by atoms with Crippen molar-refractivity contribution >= 4 is 27.3 Å². The highest BCUT2D eigenvalue weighted by atomic mass is 32.2. The molecule has 1 aliphatic heterocycles. The summed E-state index contributed by atoms with van der Waals surface area (Å²) in [6.45, 7) is 4.05. The standard InChI is InChI=1S/C15H19N5O2S/c1-10-5-11(2)7-13(6-10)18-15-19-14(8-16-20-15)17-12-3-4-23(21,22)9-12/h5-8,12H,3-4,9H2,1-2H3,(H2,17,18,19,20). The maximum absolute atomic E-state index is 11.5. The van der Waals surface area contributed by atoms with Crippen molar-refractivity contribution < 1.29 is 8.42 Å². The van der Waals surface area contributed by atoms with E-state index in [0.717, 1.165) is 16.8 Å². The third kappa shape index (κ3) is 4.16. The second kappa shape index (κ2) is 6.11. The van der Waals surface area contributed by atoms with Gasteiger partial charge in [0.2, 0.25) is 5.95 Å². The summed E-state index contributed by atoms with van der Waals surface area (Å²) in [4.78, 5) is 4.35. The Balaban J connectivity index is 1.72. The first-order chi connectivity index (χ1) is 10.9. The summed E-state index contributed by atoms with van der Waals surface area (Å²) in [6.07, 6.45) is 2.09. The van der Waals surface area contributed by atoms with Crippen LogP contribution < -0.4 is 10.6 Å². The minimum Gasteiger partial charge on any atom is -0.365 e. The van der Waals surface area contributed by atoms with Gasteiger partial charge < -0.3 is 10.6 Å². The molecule has 2 heterocycles. The van der Waals surface area contributed by atoms with Crippen LogP contribution in [0.2, 0.25) is 0 Å². The minimum absolute atomic E-state index is 0.120. The maximum Gasteiger partial charge on any atom is 0.249 e. The molecule has 1 saturated heterocycles. The van der Waals surface area contributed by atoms with E-state index >= 15 is 0 Å². The van der Waals surface area contributed by atoms with E-state index in [4.69, 9.17) is 0 Å². The number of rotatable bonds is 4. The number of sulfone groups is 1. The van der Waals surface area contributed by atoms with Crippen LogP contribution in [-0.2, 0) is 9.84 Å². The fourth-order valence-corrected chi connectivity index (χ4v) is 4.39. The molecular weight excluding hydrogens is 314 g/mol. The Morgan fingerprint density at radius 1 is 1.17 bits per heavy atom. The third-order valence-corrected chi connectivity index (χ3v) is 5.39. The van der Waals surface area contributed by atoms with Crippen LogP contribution >= 0.6 is 0 Å². The fourth-order valence-electron chi connectivity index (χ4n) is 2.72. The average molecular weight is 333 g/mol. The lowest BCUT2D eigenvalue weighted by Crippen LogP contribution is -2.21. The minimum atomic E-state index is -2.93. The molecule has 122 valence electrons. The molecule has 1 aromatic heterocycles. The molecule has 2 N–H and O–H groups in total. The maximum atomic E-state index is 11.5. The molecule has 1 aromatic carbocycles. The van der Waals surface area contributed by atoms with Crippen LogP contribution in [0.5, 0.6) is 0 Å². The topological polar surface area (TPSA) is 96.9 Å². The van der Waals surface area contributed by atoms with E-state index in [-0.39, 0.29) is 17.5 Å². The molecule has 0 amide bonds.